The molecule has 1 unspecified atom stereocenters. The molecule has 3 amide bonds. The van der Waals surface area contributed by atoms with Crippen molar-refractivity contribution in [3.05, 3.63) is 41.0 Å². The predicted molar refractivity (Wildman–Crippen MR) is 173 cm³/mol. The first kappa shape index (κ1) is 33.2. The highest BCUT2D eigenvalue weighted by molar-refractivity contribution is 7.13. The smallest absolute Gasteiger partial charge is 0.246 e. The van der Waals surface area contributed by atoms with Gasteiger partial charge in [-0.15, -0.1) is 11.3 Å². The lowest BCUT2D eigenvalue weighted by Crippen LogP contribution is -2.58. The molecule has 2 aromatic rings. The van der Waals surface area contributed by atoms with Gasteiger partial charge in [0, 0.05) is 13.0 Å². The van der Waals surface area contributed by atoms with Gasteiger partial charge in [-0.2, -0.15) is 0 Å². The molecule has 4 rings (SSSR count). The molecule has 10 heteroatoms. The summed E-state index contributed by atoms with van der Waals surface area (Å²) in [6.45, 7) is 9.70. The Morgan fingerprint density at radius 1 is 1.02 bits per heavy atom. The van der Waals surface area contributed by atoms with Gasteiger partial charge in [0.05, 0.1) is 28.2 Å². The highest BCUT2D eigenvalue weighted by Crippen LogP contribution is 2.30. The summed E-state index contributed by atoms with van der Waals surface area (Å²) in [7, 11) is 1.77. The number of aromatic nitrogens is 1. The molecule has 233 valence electrons. The zero-order chi connectivity index (χ0) is 31.1. The lowest BCUT2D eigenvalue weighted by molar-refractivity contribution is -0.142. The van der Waals surface area contributed by atoms with Crippen molar-refractivity contribution in [1.29, 1.82) is 0 Å². The molecule has 8 nitrogen and oxygen atoms in total. The van der Waals surface area contributed by atoms with Gasteiger partial charge in [-0.05, 0) is 30.4 Å². The third kappa shape index (κ3) is 8.91. The zero-order valence-electron chi connectivity index (χ0n) is 26.4. The number of rotatable bonds is 8. The average molecular weight is 608 g/mol. The van der Waals surface area contributed by atoms with E-state index in [1.165, 1.54) is 30.6 Å². The fourth-order valence-electron chi connectivity index (χ4n) is 6.25. The van der Waals surface area contributed by atoms with Crippen LogP contribution in [0.5, 0.6) is 0 Å². The topological polar surface area (TPSA) is 112 Å². The van der Waals surface area contributed by atoms with Crippen LogP contribution in [0, 0.1) is 12.3 Å². The number of aliphatic hydroxyl groups is 1. The van der Waals surface area contributed by atoms with Gasteiger partial charge in [-0.1, -0.05) is 102 Å². The second-order valence-corrected chi connectivity index (χ2v) is 14.3. The Bertz CT molecular complexity index is 1230. The van der Waals surface area contributed by atoms with Crippen molar-refractivity contribution in [3.63, 3.8) is 0 Å². The number of β-amino-alcohol motifs (C(OH)–C–C–N with tert-alkyl or cyclic N) is 1. The molecule has 0 bridgehead atoms. The Morgan fingerprint density at radius 3 is 2.23 bits per heavy atom. The lowest BCUT2D eigenvalue weighted by atomic mass is 9.59. The maximum Gasteiger partial charge on any atom is 0.246 e. The first-order chi connectivity index (χ1) is 20.4. The molecule has 1 aliphatic carbocycles. The first-order valence-corrected chi connectivity index (χ1v) is 16.8. The van der Waals surface area contributed by atoms with Crippen LogP contribution in [0.2, 0.25) is 5.82 Å². The SMILES string of the molecule is Cc1ncsc1-c1ccc([C@H](C)NC(=O)[C@@H]2C[C@@H](O)CN2C(=O)C(NC(=O)[B]C2CCCCCCCC2)C(C)(C)C)cc1. The summed E-state index contributed by atoms with van der Waals surface area (Å²) < 4.78 is 0. The number of amides is 3. The van der Waals surface area contributed by atoms with Gasteiger partial charge in [0.15, 0.2) is 5.81 Å². The van der Waals surface area contributed by atoms with Gasteiger partial charge in [-0.25, -0.2) is 4.98 Å². The molecule has 1 saturated carbocycles. The Morgan fingerprint density at radius 2 is 1.65 bits per heavy atom. The van der Waals surface area contributed by atoms with Gasteiger partial charge in [0.25, 0.3) is 0 Å². The fraction of sp³-hybridized carbons (Fsp3) is 0.636. The molecule has 3 N–H and O–H groups in total. The maximum absolute atomic E-state index is 14.0. The molecule has 1 saturated heterocycles. The standard InChI is InChI=1S/C33H48BN4O4S/c1-21(23-14-16-24(17-15-23)28-22(2)35-20-43-28)36-30(40)27-18-26(39)19-38(27)31(41)29(33(3,4)5)37-32(42)34-25-12-10-8-6-7-9-11-13-25/h14-17,20-21,25-27,29,39H,6-13,18-19H2,1-5H3,(H,36,40)(H,37,42)/t21-,26+,27-,29?/m0/s1. The number of nitrogens with zero attached hydrogens (tertiary/aromatic N) is 2. The minimum absolute atomic E-state index is 0.0585. The second kappa shape index (κ2) is 14.8. The Labute approximate surface area is 261 Å². The number of likely N-dealkylation sites (tertiary alicyclic amines) is 1. The van der Waals surface area contributed by atoms with Crippen molar-refractivity contribution in [2.24, 2.45) is 5.41 Å². The van der Waals surface area contributed by atoms with E-state index in [0.29, 0.717) is 0 Å². The summed E-state index contributed by atoms with van der Waals surface area (Å²) in [5.74, 6) is -0.667. The van der Waals surface area contributed by atoms with Crippen molar-refractivity contribution < 1.29 is 19.5 Å². The van der Waals surface area contributed by atoms with Crippen LogP contribution in [-0.2, 0) is 9.59 Å². The average Bonchev–Trinajstić information content (AvgIpc) is 3.59. The van der Waals surface area contributed by atoms with Crippen LogP contribution in [0.4, 0.5) is 4.79 Å². The van der Waals surface area contributed by atoms with E-state index >= 15 is 0 Å². The number of aryl methyl sites for hydroxylation is 1. The van der Waals surface area contributed by atoms with E-state index < -0.39 is 23.6 Å². The first-order valence-electron chi connectivity index (χ1n) is 15.9. The molecule has 43 heavy (non-hydrogen) atoms. The Hall–Kier alpha value is -2.72. The van der Waals surface area contributed by atoms with E-state index in [2.05, 4.69) is 15.6 Å². The van der Waals surface area contributed by atoms with E-state index in [4.69, 9.17) is 0 Å². The van der Waals surface area contributed by atoms with Crippen molar-refractivity contribution in [2.75, 3.05) is 6.54 Å². The van der Waals surface area contributed by atoms with Crippen LogP contribution in [0.3, 0.4) is 0 Å². The van der Waals surface area contributed by atoms with E-state index in [0.717, 1.165) is 47.4 Å². The van der Waals surface area contributed by atoms with Crippen LogP contribution in [0.15, 0.2) is 29.8 Å². The molecule has 2 heterocycles. The number of benzene rings is 1. The maximum atomic E-state index is 14.0. The summed E-state index contributed by atoms with van der Waals surface area (Å²) in [4.78, 5) is 47.6. The van der Waals surface area contributed by atoms with Gasteiger partial charge >= 0.3 is 0 Å². The molecule has 1 radical (unpaired) electrons. The number of carbonyl (C=O) groups is 3. The molecule has 1 aliphatic heterocycles. The highest BCUT2D eigenvalue weighted by Gasteiger charge is 2.44. The van der Waals surface area contributed by atoms with Crippen molar-refractivity contribution in [2.45, 2.75) is 122 Å². The number of thiazole rings is 1. The Kier molecular flexibility index (Phi) is 11.5. The van der Waals surface area contributed by atoms with E-state index in [1.54, 1.807) is 18.6 Å². The number of hydrogen-bond donors (Lipinski definition) is 3. The highest BCUT2D eigenvalue weighted by atomic mass is 32.1. The predicted octanol–water partition coefficient (Wildman–Crippen LogP) is 6.01. The fourth-order valence-corrected chi connectivity index (χ4v) is 7.06. The van der Waals surface area contributed by atoms with Crippen LogP contribution in [0.25, 0.3) is 10.4 Å². The van der Waals surface area contributed by atoms with Gasteiger partial charge in [0.2, 0.25) is 19.1 Å². The molecule has 2 aliphatic rings. The van der Waals surface area contributed by atoms with Crippen LogP contribution >= 0.6 is 11.3 Å². The Balaban J connectivity index is 1.41. The van der Waals surface area contributed by atoms with E-state index in [9.17, 15) is 19.5 Å². The molecule has 0 spiro atoms. The lowest BCUT2D eigenvalue weighted by Gasteiger charge is -2.36. The van der Waals surface area contributed by atoms with E-state index in [1.807, 2.05) is 64.4 Å². The summed E-state index contributed by atoms with van der Waals surface area (Å²) in [5.41, 5.74) is 4.25. The van der Waals surface area contributed by atoms with Crippen molar-refractivity contribution in [3.8, 4) is 10.4 Å². The third-order valence-electron chi connectivity index (χ3n) is 8.83. The largest absolute Gasteiger partial charge is 0.391 e. The van der Waals surface area contributed by atoms with Gasteiger partial charge < -0.3 is 20.6 Å². The summed E-state index contributed by atoms with van der Waals surface area (Å²) in [6, 6.07) is 6.10. The molecular weight excluding hydrogens is 559 g/mol. The van der Waals surface area contributed by atoms with Crippen molar-refractivity contribution in [1.82, 2.24) is 20.5 Å². The van der Waals surface area contributed by atoms with Gasteiger partial charge in [-0.3, -0.25) is 14.4 Å². The molecular formula is C33H48BN4O4S. The van der Waals surface area contributed by atoms with E-state index in [-0.39, 0.29) is 42.4 Å². The second-order valence-electron chi connectivity index (χ2n) is 13.4. The zero-order valence-corrected chi connectivity index (χ0v) is 27.2. The molecule has 1 aromatic heterocycles. The number of aliphatic hydroxyl groups excluding tert-OH is 1. The number of carbonyl (C=O) groups excluding carboxylic acids is 3. The summed E-state index contributed by atoms with van der Waals surface area (Å²) >= 11 is 1.60. The monoisotopic (exact) mass is 607 g/mol. The molecule has 2 fully saturated rings. The van der Waals surface area contributed by atoms with Crippen LogP contribution < -0.4 is 10.6 Å². The summed E-state index contributed by atoms with van der Waals surface area (Å²) in [5, 5.41) is 16.6. The number of hydrogen-bond acceptors (Lipinski definition) is 6. The van der Waals surface area contributed by atoms with Crippen molar-refractivity contribution >= 4 is 36.2 Å². The quantitative estimate of drug-likeness (QED) is 0.319. The number of nitrogens with one attached hydrogen (secondary N) is 2. The van der Waals surface area contributed by atoms with Crippen LogP contribution in [-0.4, -0.2) is 64.6 Å². The minimum atomic E-state index is -0.826. The molecule has 4 atom stereocenters. The van der Waals surface area contributed by atoms with Crippen LogP contribution in [0.1, 0.15) is 103 Å². The summed E-state index contributed by atoms with van der Waals surface area (Å²) in [6.07, 6.45) is 8.49. The van der Waals surface area contributed by atoms with Gasteiger partial charge in [0.1, 0.15) is 12.1 Å². The third-order valence-corrected chi connectivity index (χ3v) is 9.81. The molecule has 1 aromatic carbocycles. The minimum Gasteiger partial charge on any atom is -0.391 e. The normalized spacial score (nSPS) is 21.7.